The number of benzene rings is 2. The topological polar surface area (TPSA) is 29.5 Å². The summed E-state index contributed by atoms with van der Waals surface area (Å²) in [5, 5.41) is 9.93. The number of hydrogen-bond donors (Lipinski definition) is 1. The van der Waals surface area contributed by atoms with Gasteiger partial charge in [-0.15, -0.1) is 0 Å². The van der Waals surface area contributed by atoms with E-state index in [2.05, 4.69) is 0 Å². The lowest BCUT2D eigenvalue weighted by atomic mass is 10.0. The average Bonchev–Trinajstić information content (AvgIpc) is 2.34. The minimum absolute atomic E-state index is 0.280. The van der Waals surface area contributed by atoms with Gasteiger partial charge in [-0.25, -0.2) is 0 Å². The standard InChI is InChI=1S/C15H16O2/c1-3-17-15-7-5-4-6-12(15)13-10-11(2)8-9-14(13)16/h4-10,16H,3H2,1-2H3. The predicted octanol–water partition coefficient (Wildman–Crippen LogP) is 3.77. The summed E-state index contributed by atoms with van der Waals surface area (Å²) in [5.41, 5.74) is 2.86. The summed E-state index contributed by atoms with van der Waals surface area (Å²) >= 11 is 0. The summed E-state index contributed by atoms with van der Waals surface area (Å²) in [5.74, 6) is 1.08. The summed E-state index contributed by atoms with van der Waals surface area (Å²) in [6.45, 7) is 4.57. The molecule has 2 heteroatoms. The van der Waals surface area contributed by atoms with Crippen LogP contribution in [0.25, 0.3) is 11.1 Å². The van der Waals surface area contributed by atoms with Gasteiger partial charge in [0.05, 0.1) is 6.61 Å². The number of rotatable bonds is 3. The molecule has 0 atom stereocenters. The molecule has 0 radical (unpaired) electrons. The molecule has 88 valence electrons. The Morgan fingerprint density at radius 2 is 1.82 bits per heavy atom. The predicted molar refractivity (Wildman–Crippen MR) is 69.4 cm³/mol. The van der Waals surface area contributed by atoms with E-state index in [4.69, 9.17) is 4.74 Å². The highest BCUT2D eigenvalue weighted by atomic mass is 16.5. The van der Waals surface area contributed by atoms with Gasteiger partial charge in [0.1, 0.15) is 11.5 Å². The third-order valence-corrected chi connectivity index (χ3v) is 2.63. The van der Waals surface area contributed by atoms with Gasteiger partial charge in [-0.1, -0.05) is 29.8 Å². The number of phenolic OH excluding ortho intramolecular Hbond substituents is 1. The molecular weight excluding hydrogens is 212 g/mol. The normalized spacial score (nSPS) is 10.2. The van der Waals surface area contributed by atoms with Crippen molar-refractivity contribution in [3.8, 4) is 22.6 Å². The molecule has 2 nitrogen and oxygen atoms in total. The molecule has 2 rings (SSSR count). The van der Waals surface area contributed by atoms with Gasteiger partial charge < -0.3 is 9.84 Å². The van der Waals surface area contributed by atoms with Crippen LogP contribution in [-0.4, -0.2) is 11.7 Å². The van der Waals surface area contributed by atoms with E-state index in [0.29, 0.717) is 6.61 Å². The van der Waals surface area contributed by atoms with Gasteiger partial charge >= 0.3 is 0 Å². The maximum absolute atomic E-state index is 9.93. The van der Waals surface area contributed by atoms with E-state index in [1.165, 1.54) is 0 Å². The van der Waals surface area contributed by atoms with Crippen molar-refractivity contribution in [1.82, 2.24) is 0 Å². The van der Waals surface area contributed by atoms with Crippen LogP contribution >= 0.6 is 0 Å². The summed E-state index contributed by atoms with van der Waals surface area (Å²) in [6, 6.07) is 13.3. The van der Waals surface area contributed by atoms with Crippen molar-refractivity contribution in [3.05, 3.63) is 48.0 Å². The van der Waals surface area contributed by atoms with Crippen molar-refractivity contribution in [2.45, 2.75) is 13.8 Å². The van der Waals surface area contributed by atoms with E-state index < -0.39 is 0 Å². The molecule has 2 aromatic carbocycles. The lowest BCUT2D eigenvalue weighted by Crippen LogP contribution is -1.94. The van der Waals surface area contributed by atoms with Crippen LogP contribution < -0.4 is 4.74 Å². The minimum Gasteiger partial charge on any atom is -0.507 e. The van der Waals surface area contributed by atoms with E-state index in [9.17, 15) is 5.11 Å². The Labute approximate surface area is 101 Å². The quantitative estimate of drug-likeness (QED) is 0.866. The Balaban J connectivity index is 2.55. The van der Waals surface area contributed by atoms with Gasteiger partial charge in [0, 0.05) is 11.1 Å². The van der Waals surface area contributed by atoms with Crippen molar-refractivity contribution in [1.29, 1.82) is 0 Å². The Morgan fingerprint density at radius 3 is 2.59 bits per heavy atom. The zero-order valence-corrected chi connectivity index (χ0v) is 10.1. The lowest BCUT2D eigenvalue weighted by Gasteiger charge is -2.11. The zero-order chi connectivity index (χ0) is 12.3. The van der Waals surface area contributed by atoms with Gasteiger partial charge in [-0.2, -0.15) is 0 Å². The van der Waals surface area contributed by atoms with Crippen LogP contribution in [0, 0.1) is 6.92 Å². The zero-order valence-electron chi connectivity index (χ0n) is 10.1. The highest BCUT2D eigenvalue weighted by molar-refractivity contribution is 5.76. The van der Waals surface area contributed by atoms with Crippen molar-refractivity contribution in [2.75, 3.05) is 6.61 Å². The van der Waals surface area contributed by atoms with Crippen molar-refractivity contribution in [3.63, 3.8) is 0 Å². The number of phenols is 1. The van der Waals surface area contributed by atoms with E-state index >= 15 is 0 Å². The second-order valence-electron chi connectivity index (χ2n) is 3.95. The Kier molecular flexibility index (Phi) is 3.33. The van der Waals surface area contributed by atoms with Gasteiger partial charge in [0.2, 0.25) is 0 Å². The molecule has 17 heavy (non-hydrogen) atoms. The van der Waals surface area contributed by atoms with Crippen LogP contribution in [0.5, 0.6) is 11.5 Å². The van der Waals surface area contributed by atoms with Gasteiger partial charge in [-0.3, -0.25) is 0 Å². The molecule has 0 saturated carbocycles. The van der Waals surface area contributed by atoms with E-state index in [-0.39, 0.29) is 5.75 Å². The van der Waals surface area contributed by atoms with E-state index in [1.54, 1.807) is 6.07 Å². The highest BCUT2D eigenvalue weighted by Gasteiger charge is 2.09. The van der Waals surface area contributed by atoms with Gasteiger partial charge in [0.25, 0.3) is 0 Å². The van der Waals surface area contributed by atoms with Crippen LogP contribution in [0.15, 0.2) is 42.5 Å². The monoisotopic (exact) mass is 228 g/mol. The molecule has 2 aromatic rings. The fraction of sp³-hybridized carbons (Fsp3) is 0.200. The third-order valence-electron chi connectivity index (χ3n) is 2.63. The minimum atomic E-state index is 0.280. The maximum atomic E-state index is 9.93. The van der Waals surface area contributed by atoms with E-state index in [0.717, 1.165) is 22.4 Å². The fourth-order valence-corrected chi connectivity index (χ4v) is 1.84. The molecule has 0 aliphatic carbocycles. The molecule has 0 saturated heterocycles. The summed E-state index contributed by atoms with van der Waals surface area (Å²) in [7, 11) is 0. The van der Waals surface area contributed by atoms with Crippen LogP contribution in [0.2, 0.25) is 0 Å². The summed E-state index contributed by atoms with van der Waals surface area (Å²) < 4.78 is 5.58. The summed E-state index contributed by atoms with van der Waals surface area (Å²) in [6.07, 6.45) is 0. The third kappa shape index (κ3) is 2.41. The first-order chi connectivity index (χ1) is 8.22. The molecule has 0 aromatic heterocycles. The maximum Gasteiger partial charge on any atom is 0.127 e. The molecule has 0 unspecified atom stereocenters. The number of ether oxygens (including phenoxy) is 1. The molecule has 0 bridgehead atoms. The fourth-order valence-electron chi connectivity index (χ4n) is 1.84. The Morgan fingerprint density at radius 1 is 1.06 bits per heavy atom. The number of hydrogen-bond acceptors (Lipinski definition) is 2. The summed E-state index contributed by atoms with van der Waals surface area (Å²) in [4.78, 5) is 0. The van der Waals surface area contributed by atoms with E-state index in [1.807, 2.05) is 50.2 Å². The van der Waals surface area contributed by atoms with Crippen molar-refractivity contribution >= 4 is 0 Å². The smallest absolute Gasteiger partial charge is 0.127 e. The molecule has 0 aliphatic heterocycles. The lowest BCUT2D eigenvalue weighted by molar-refractivity contribution is 0.341. The van der Waals surface area contributed by atoms with Crippen LogP contribution in [-0.2, 0) is 0 Å². The van der Waals surface area contributed by atoms with Crippen LogP contribution in [0.1, 0.15) is 12.5 Å². The first-order valence-electron chi connectivity index (χ1n) is 5.74. The molecule has 0 aliphatic rings. The molecular formula is C15H16O2. The van der Waals surface area contributed by atoms with Gasteiger partial charge in [-0.05, 0) is 32.0 Å². The second-order valence-corrected chi connectivity index (χ2v) is 3.95. The highest BCUT2D eigenvalue weighted by Crippen LogP contribution is 2.36. The van der Waals surface area contributed by atoms with Crippen LogP contribution in [0.4, 0.5) is 0 Å². The molecule has 0 fully saturated rings. The van der Waals surface area contributed by atoms with Crippen molar-refractivity contribution < 1.29 is 9.84 Å². The number of aryl methyl sites for hydroxylation is 1. The Bertz CT molecular complexity index is 518. The molecule has 0 heterocycles. The largest absolute Gasteiger partial charge is 0.507 e. The number of para-hydroxylation sites is 1. The first kappa shape index (κ1) is 11.5. The van der Waals surface area contributed by atoms with Crippen molar-refractivity contribution in [2.24, 2.45) is 0 Å². The molecule has 1 N–H and O–H groups in total. The van der Waals surface area contributed by atoms with Gasteiger partial charge in [0.15, 0.2) is 0 Å². The number of aromatic hydroxyl groups is 1. The Hall–Kier alpha value is -1.96. The second kappa shape index (κ2) is 4.91. The first-order valence-corrected chi connectivity index (χ1v) is 5.74. The SMILES string of the molecule is CCOc1ccccc1-c1cc(C)ccc1O. The average molecular weight is 228 g/mol. The van der Waals surface area contributed by atoms with Crippen LogP contribution in [0.3, 0.4) is 0 Å². The molecule has 0 spiro atoms. The molecule has 0 amide bonds.